The number of ether oxygens (including phenoxy) is 1. The number of hydrogen-bond donors (Lipinski definition) is 1. The van der Waals surface area contributed by atoms with Crippen LogP contribution in [0.15, 0.2) is 54.7 Å². The lowest BCUT2D eigenvalue weighted by Crippen LogP contribution is -2.13. The second-order valence-corrected chi connectivity index (χ2v) is 6.30. The van der Waals surface area contributed by atoms with Crippen LogP contribution < -0.4 is 10.1 Å². The van der Waals surface area contributed by atoms with Crippen molar-refractivity contribution in [3.05, 3.63) is 60.3 Å². The van der Waals surface area contributed by atoms with Gasteiger partial charge in [0.1, 0.15) is 5.75 Å². The van der Waals surface area contributed by atoms with Gasteiger partial charge in [-0.1, -0.05) is 0 Å². The summed E-state index contributed by atoms with van der Waals surface area (Å²) >= 11 is 0. The van der Waals surface area contributed by atoms with Crippen LogP contribution in [0.2, 0.25) is 0 Å². The Labute approximate surface area is 158 Å². The van der Waals surface area contributed by atoms with Crippen molar-refractivity contribution in [1.82, 2.24) is 4.57 Å². The SMILES string of the molecule is CCOc1ccc(C(=O)CCC(=O)Nc2ccc3c(ccn3CC)c2)cc1. The number of amides is 1. The minimum absolute atomic E-state index is 0.0522. The molecule has 0 fully saturated rings. The fourth-order valence-corrected chi connectivity index (χ4v) is 3.05. The monoisotopic (exact) mass is 364 g/mol. The summed E-state index contributed by atoms with van der Waals surface area (Å²) in [7, 11) is 0. The Kier molecular flexibility index (Phi) is 5.91. The molecule has 0 saturated heterocycles. The van der Waals surface area contributed by atoms with Crippen molar-refractivity contribution >= 4 is 28.3 Å². The van der Waals surface area contributed by atoms with Crippen LogP contribution in [0.3, 0.4) is 0 Å². The third kappa shape index (κ3) is 4.56. The Balaban J connectivity index is 1.55. The van der Waals surface area contributed by atoms with Crippen molar-refractivity contribution < 1.29 is 14.3 Å². The quantitative estimate of drug-likeness (QED) is 0.591. The Morgan fingerprint density at radius 2 is 1.78 bits per heavy atom. The summed E-state index contributed by atoms with van der Waals surface area (Å²) in [5.74, 6) is 0.520. The summed E-state index contributed by atoms with van der Waals surface area (Å²) in [5, 5.41) is 3.96. The zero-order valence-electron chi connectivity index (χ0n) is 15.7. The number of nitrogens with zero attached hydrogens (tertiary/aromatic N) is 1. The van der Waals surface area contributed by atoms with Gasteiger partial charge in [-0.3, -0.25) is 9.59 Å². The topological polar surface area (TPSA) is 60.3 Å². The molecule has 1 heterocycles. The summed E-state index contributed by atoms with van der Waals surface area (Å²) in [6.45, 7) is 5.50. The molecule has 0 radical (unpaired) electrons. The van der Waals surface area contributed by atoms with Crippen LogP contribution in [0, 0.1) is 0 Å². The van der Waals surface area contributed by atoms with E-state index in [1.807, 2.05) is 37.4 Å². The van der Waals surface area contributed by atoms with Gasteiger partial charge in [0.2, 0.25) is 5.91 Å². The predicted molar refractivity (Wildman–Crippen MR) is 107 cm³/mol. The number of fused-ring (bicyclic) bond motifs is 1. The van der Waals surface area contributed by atoms with Crippen molar-refractivity contribution in [2.45, 2.75) is 33.2 Å². The molecule has 0 saturated carbocycles. The van der Waals surface area contributed by atoms with Gasteiger partial charge < -0.3 is 14.6 Å². The molecule has 0 atom stereocenters. The van der Waals surface area contributed by atoms with Crippen LogP contribution in [-0.2, 0) is 11.3 Å². The fraction of sp³-hybridized carbons (Fsp3) is 0.273. The summed E-state index contributed by atoms with van der Waals surface area (Å²) in [6, 6.07) is 14.9. The first-order chi connectivity index (χ1) is 13.1. The van der Waals surface area contributed by atoms with Gasteiger partial charge in [-0.2, -0.15) is 0 Å². The minimum atomic E-state index is -0.163. The number of nitrogens with one attached hydrogen (secondary N) is 1. The highest BCUT2D eigenvalue weighted by Crippen LogP contribution is 2.21. The molecule has 27 heavy (non-hydrogen) atoms. The molecule has 0 unspecified atom stereocenters. The van der Waals surface area contributed by atoms with Gasteiger partial charge >= 0.3 is 0 Å². The molecule has 5 nitrogen and oxygen atoms in total. The van der Waals surface area contributed by atoms with Gasteiger partial charge in [0.15, 0.2) is 5.78 Å². The fourth-order valence-electron chi connectivity index (χ4n) is 3.05. The van der Waals surface area contributed by atoms with Crippen LogP contribution in [-0.4, -0.2) is 22.9 Å². The van der Waals surface area contributed by atoms with Crippen LogP contribution >= 0.6 is 0 Å². The molecule has 2 aromatic carbocycles. The van der Waals surface area contributed by atoms with Gasteiger partial charge in [-0.05, 0) is 62.4 Å². The molecule has 1 aromatic heterocycles. The highest BCUT2D eigenvalue weighted by molar-refractivity contribution is 6.00. The van der Waals surface area contributed by atoms with Gasteiger partial charge in [0.25, 0.3) is 0 Å². The van der Waals surface area contributed by atoms with E-state index in [1.54, 1.807) is 24.3 Å². The number of hydrogen-bond acceptors (Lipinski definition) is 3. The summed E-state index contributed by atoms with van der Waals surface area (Å²) in [6.07, 6.45) is 2.36. The normalized spacial score (nSPS) is 10.7. The van der Waals surface area contributed by atoms with Crippen LogP contribution in [0.5, 0.6) is 5.75 Å². The average Bonchev–Trinajstić information content (AvgIpc) is 3.09. The lowest BCUT2D eigenvalue weighted by molar-refractivity contribution is -0.116. The average molecular weight is 364 g/mol. The maximum atomic E-state index is 12.3. The molecule has 5 heteroatoms. The van der Waals surface area contributed by atoms with Gasteiger partial charge in [0.05, 0.1) is 6.61 Å². The van der Waals surface area contributed by atoms with Crippen molar-refractivity contribution in [2.24, 2.45) is 0 Å². The molecule has 0 aliphatic carbocycles. The number of carbonyl (C=O) groups excluding carboxylic acids is 2. The maximum Gasteiger partial charge on any atom is 0.224 e. The summed E-state index contributed by atoms with van der Waals surface area (Å²) in [5.41, 5.74) is 2.48. The third-order valence-corrected chi connectivity index (χ3v) is 4.46. The molecule has 0 spiro atoms. The first-order valence-corrected chi connectivity index (χ1v) is 9.25. The standard InChI is InChI=1S/C22H24N2O3/c1-3-24-14-13-17-15-18(7-10-20(17)24)23-22(26)12-11-21(25)16-5-8-19(9-6-16)27-4-2/h5-10,13-15H,3-4,11-12H2,1-2H3,(H,23,26). The number of aromatic nitrogens is 1. The second-order valence-electron chi connectivity index (χ2n) is 6.30. The molecule has 0 bridgehead atoms. The van der Waals surface area contributed by atoms with E-state index in [9.17, 15) is 9.59 Å². The van der Waals surface area contributed by atoms with E-state index >= 15 is 0 Å². The molecule has 3 rings (SSSR count). The third-order valence-electron chi connectivity index (χ3n) is 4.46. The second kappa shape index (κ2) is 8.54. The van der Waals surface area contributed by atoms with Gasteiger partial charge in [0, 0.05) is 47.7 Å². The predicted octanol–water partition coefficient (Wildman–Crippen LogP) is 4.66. The minimum Gasteiger partial charge on any atom is -0.494 e. The molecule has 140 valence electrons. The van der Waals surface area contributed by atoms with E-state index in [1.165, 1.54) is 0 Å². The summed E-state index contributed by atoms with van der Waals surface area (Å²) in [4.78, 5) is 24.5. The maximum absolute atomic E-state index is 12.3. The first-order valence-electron chi connectivity index (χ1n) is 9.25. The van der Waals surface area contributed by atoms with Crippen molar-refractivity contribution in [2.75, 3.05) is 11.9 Å². The molecule has 1 N–H and O–H groups in total. The molecular weight excluding hydrogens is 340 g/mol. The number of aryl methyl sites for hydroxylation is 1. The van der Waals surface area contributed by atoms with E-state index in [0.717, 1.165) is 28.9 Å². The smallest absolute Gasteiger partial charge is 0.224 e. The molecule has 3 aromatic rings. The van der Waals surface area contributed by atoms with Crippen LogP contribution in [0.4, 0.5) is 5.69 Å². The number of carbonyl (C=O) groups is 2. The van der Waals surface area contributed by atoms with E-state index < -0.39 is 0 Å². The van der Waals surface area contributed by atoms with E-state index in [2.05, 4.69) is 16.8 Å². The largest absolute Gasteiger partial charge is 0.494 e. The Hall–Kier alpha value is -3.08. The Morgan fingerprint density at radius 3 is 2.48 bits per heavy atom. The Bertz CT molecular complexity index is 942. The zero-order chi connectivity index (χ0) is 19.2. The number of ketones is 1. The molecular formula is C22H24N2O3. The van der Waals surface area contributed by atoms with Crippen molar-refractivity contribution in [1.29, 1.82) is 0 Å². The van der Waals surface area contributed by atoms with Crippen molar-refractivity contribution in [3.8, 4) is 5.75 Å². The Morgan fingerprint density at radius 1 is 1.00 bits per heavy atom. The summed E-state index contributed by atoms with van der Waals surface area (Å²) < 4.78 is 7.52. The lowest BCUT2D eigenvalue weighted by atomic mass is 10.1. The molecule has 1 amide bonds. The lowest BCUT2D eigenvalue weighted by Gasteiger charge is -2.07. The molecule has 0 aliphatic rings. The van der Waals surface area contributed by atoms with Gasteiger partial charge in [-0.25, -0.2) is 0 Å². The van der Waals surface area contributed by atoms with E-state index in [0.29, 0.717) is 12.2 Å². The highest BCUT2D eigenvalue weighted by atomic mass is 16.5. The van der Waals surface area contributed by atoms with E-state index in [4.69, 9.17) is 4.74 Å². The highest BCUT2D eigenvalue weighted by Gasteiger charge is 2.10. The van der Waals surface area contributed by atoms with Gasteiger partial charge in [-0.15, -0.1) is 0 Å². The van der Waals surface area contributed by atoms with Crippen molar-refractivity contribution in [3.63, 3.8) is 0 Å². The number of Topliss-reactive ketones (excluding diaryl/α,β-unsaturated/α-hetero) is 1. The number of rotatable bonds is 8. The zero-order valence-corrected chi connectivity index (χ0v) is 15.7. The number of benzene rings is 2. The van der Waals surface area contributed by atoms with Crippen LogP contribution in [0.25, 0.3) is 10.9 Å². The first kappa shape index (κ1) is 18.7. The molecule has 0 aliphatic heterocycles. The number of anilines is 1. The van der Waals surface area contributed by atoms with Crippen LogP contribution in [0.1, 0.15) is 37.0 Å². The van der Waals surface area contributed by atoms with E-state index in [-0.39, 0.29) is 24.5 Å².